The third kappa shape index (κ3) is 3.32. The third-order valence-corrected chi connectivity index (χ3v) is 3.75. The summed E-state index contributed by atoms with van der Waals surface area (Å²) < 4.78 is 38.9. The average molecular weight is 384 g/mol. The number of aromatic nitrogens is 4. The molecule has 2 heterocycles. The van der Waals surface area contributed by atoms with Crippen molar-refractivity contribution < 1.29 is 18.1 Å². The lowest BCUT2D eigenvalue weighted by Crippen LogP contribution is -2.13. The summed E-state index contributed by atoms with van der Waals surface area (Å²) in [5, 5.41) is 17.1. The fraction of sp³-hybridized carbons (Fsp3) is 0.222. The maximum atomic E-state index is 12.6. The van der Waals surface area contributed by atoms with Crippen LogP contribution in [0.25, 0.3) is 0 Å². The van der Waals surface area contributed by atoms with Crippen molar-refractivity contribution in [3.8, 4) is 0 Å². The fourth-order valence-corrected chi connectivity index (χ4v) is 2.50. The van der Waals surface area contributed by atoms with Crippen LogP contribution in [-0.2, 0) is 13.2 Å². The lowest BCUT2D eigenvalue weighted by molar-refractivity contribution is -0.388. The average Bonchev–Trinajstić information content (AvgIpc) is 2.72. The van der Waals surface area contributed by atoms with Crippen molar-refractivity contribution in [3.63, 3.8) is 0 Å². The van der Waals surface area contributed by atoms with E-state index >= 15 is 0 Å². The Morgan fingerprint density at radius 1 is 1.43 bits per heavy atom. The number of rotatable bonds is 3. The van der Waals surface area contributed by atoms with Crippen LogP contribution in [0.1, 0.15) is 5.82 Å². The molecule has 0 amide bonds. The van der Waals surface area contributed by atoms with Gasteiger partial charge in [0, 0.05) is 23.8 Å². The van der Waals surface area contributed by atoms with Gasteiger partial charge < -0.3 is 4.57 Å². The Kier molecular flexibility index (Phi) is 4.18. The van der Waals surface area contributed by atoms with Gasteiger partial charge in [0.2, 0.25) is 5.82 Å². The molecular formula is C9H5BrF3N5O2S. The molecule has 0 aliphatic heterocycles. The van der Waals surface area contributed by atoms with Crippen molar-refractivity contribution in [3.05, 3.63) is 32.7 Å². The molecule has 0 bridgehead atoms. The van der Waals surface area contributed by atoms with Gasteiger partial charge in [-0.1, -0.05) is 0 Å². The molecule has 0 saturated carbocycles. The van der Waals surface area contributed by atoms with Crippen LogP contribution in [0.5, 0.6) is 0 Å². The van der Waals surface area contributed by atoms with Gasteiger partial charge in [-0.3, -0.25) is 10.1 Å². The number of hydrogen-bond donors (Lipinski definition) is 0. The highest BCUT2D eigenvalue weighted by molar-refractivity contribution is 9.10. The SMILES string of the molecule is Cn1c(Sc2ncc(Br)cc2[N+](=O)[O-])nnc1C(F)(F)F. The summed E-state index contributed by atoms with van der Waals surface area (Å²) in [6.45, 7) is 0. The van der Waals surface area contributed by atoms with E-state index in [1.807, 2.05) is 0 Å². The normalized spacial score (nSPS) is 11.7. The highest BCUT2D eigenvalue weighted by atomic mass is 79.9. The summed E-state index contributed by atoms with van der Waals surface area (Å²) in [7, 11) is 1.12. The first-order chi connectivity index (χ1) is 9.70. The minimum atomic E-state index is -4.65. The second kappa shape index (κ2) is 5.60. The summed E-state index contributed by atoms with van der Waals surface area (Å²) >= 11 is 3.67. The fourth-order valence-electron chi connectivity index (χ4n) is 1.36. The standard InChI is InChI=1S/C9H5BrF3N5O2S/c1-17-7(9(11,12)13)15-16-8(17)21-6-5(18(19)20)2-4(10)3-14-6/h2-3H,1H3. The van der Waals surface area contributed by atoms with Gasteiger partial charge in [-0.15, -0.1) is 10.2 Å². The van der Waals surface area contributed by atoms with Gasteiger partial charge in [0.1, 0.15) is 0 Å². The molecule has 2 rings (SSSR count). The van der Waals surface area contributed by atoms with Crippen molar-refractivity contribution in [1.82, 2.24) is 19.7 Å². The predicted octanol–water partition coefficient (Wildman–Crippen LogP) is 3.05. The number of hydrogen-bond acceptors (Lipinski definition) is 6. The van der Waals surface area contributed by atoms with E-state index in [1.165, 1.54) is 12.3 Å². The summed E-state index contributed by atoms with van der Waals surface area (Å²) in [5.74, 6) is -1.19. The van der Waals surface area contributed by atoms with Gasteiger partial charge in [0.05, 0.1) is 4.92 Å². The topological polar surface area (TPSA) is 86.7 Å². The zero-order chi connectivity index (χ0) is 15.8. The largest absolute Gasteiger partial charge is 0.451 e. The van der Waals surface area contributed by atoms with E-state index in [2.05, 4.69) is 31.1 Å². The molecule has 2 aromatic rings. The third-order valence-electron chi connectivity index (χ3n) is 2.27. The van der Waals surface area contributed by atoms with Crippen LogP contribution in [0, 0.1) is 10.1 Å². The van der Waals surface area contributed by atoms with Crippen molar-refractivity contribution in [2.75, 3.05) is 0 Å². The molecule has 7 nitrogen and oxygen atoms in total. The molecule has 2 aromatic heterocycles. The van der Waals surface area contributed by atoms with E-state index in [9.17, 15) is 23.3 Å². The summed E-state index contributed by atoms with van der Waals surface area (Å²) in [4.78, 5) is 14.1. The summed E-state index contributed by atoms with van der Waals surface area (Å²) in [6, 6.07) is 1.20. The van der Waals surface area contributed by atoms with Gasteiger partial charge >= 0.3 is 11.9 Å². The Labute approximate surface area is 127 Å². The quantitative estimate of drug-likeness (QED) is 0.597. The van der Waals surface area contributed by atoms with E-state index in [0.717, 1.165) is 7.05 Å². The van der Waals surface area contributed by atoms with E-state index in [1.54, 1.807) is 0 Å². The second-order valence-electron chi connectivity index (χ2n) is 3.70. The van der Waals surface area contributed by atoms with Crippen molar-refractivity contribution in [2.24, 2.45) is 7.05 Å². The molecule has 0 aliphatic rings. The Morgan fingerprint density at radius 3 is 2.62 bits per heavy atom. The number of halogens is 4. The van der Waals surface area contributed by atoms with Crippen LogP contribution >= 0.6 is 27.7 Å². The molecule has 0 atom stereocenters. The highest BCUT2D eigenvalue weighted by Gasteiger charge is 2.37. The molecule has 0 saturated heterocycles. The predicted molar refractivity (Wildman–Crippen MR) is 68.7 cm³/mol. The minimum absolute atomic E-state index is 0.0765. The van der Waals surface area contributed by atoms with Crippen LogP contribution in [0.3, 0.4) is 0 Å². The monoisotopic (exact) mass is 383 g/mol. The smallest absolute Gasteiger partial charge is 0.301 e. The van der Waals surface area contributed by atoms with Gasteiger partial charge in [0.15, 0.2) is 10.2 Å². The zero-order valence-electron chi connectivity index (χ0n) is 10.1. The molecule has 0 aliphatic carbocycles. The van der Waals surface area contributed by atoms with Gasteiger partial charge in [-0.25, -0.2) is 4.98 Å². The van der Waals surface area contributed by atoms with Crippen LogP contribution in [0.15, 0.2) is 26.9 Å². The zero-order valence-corrected chi connectivity index (χ0v) is 12.5. The van der Waals surface area contributed by atoms with Crippen LogP contribution < -0.4 is 0 Å². The first-order valence-electron chi connectivity index (χ1n) is 5.14. The van der Waals surface area contributed by atoms with Crippen molar-refractivity contribution >= 4 is 33.4 Å². The molecule has 12 heteroatoms. The Hall–Kier alpha value is -1.69. The molecule has 21 heavy (non-hydrogen) atoms. The van der Waals surface area contributed by atoms with E-state index in [-0.39, 0.29) is 15.9 Å². The highest BCUT2D eigenvalue weighted by Crippen LogP contribution is 2.35. The number of alkyl halides is 3. The molecule has 0 unspecified atom stereocenters. The van der Waals surface area contributed by atoms with Crippen LogP contribution in [0.2, 0.25) is 0 Å². The molecule has 0 radical (unpaired) electrons. The lowest BCUT2D eigenvalue weighted by atomic mass is 10.4. The molecule has 0 fully saturated rings. The van der Waals surface area contributed by atoms with Crippen LogP contribution in [-0.4, -0.2) is 24.7 Å². The Bertz CT molecular complexity index is 705. The second-order valence-corrected chi connectivity index (χ2v) is 5.57. The first-order valence-corrected chi connectivity index (χ1v) is 6.75. The van der Waals surface area contributed by atoms with E-state index in [4.69, 9.17) is 0 Å². The lowest BCUT2D eigenvalue weighted by Gasteiger charge is -2.06. The summed E-state index contributed by atoms with van der Waals surface area (Å²) in [5.41, 5.74) is -0.342. The number of pyridine rings is 1. The van der Waals surface area contributed by atoms with Gasteiger partial charge in [-0.2, -0.15) is 13.2 Å². The van der Waals surface area contributed by atoms with Crippen molar-refractivity contribution in [2.45, 2.75) is 16.4 Å². The maximum Gasteiger partial charge on any atom is 0.451 e. The molecular weight excluding hydrogens is 379 g/mol. The van der Waals surface area contributed by atoms with Gasteiger partial charge in [-0.05, 0) is 27.7 Å². The number of nitrogens with zero attached hydrogens (tertiary/aromatic N) is 5. The molecule has 0 N–H and O–H groups in total. The first kappa shape index (κ1) is 15.7. The Balaban J connectivity index is 2.40. The maximum absolute atomic E-state index is 12.6. The molecule has 0 spiro atoms. The van der Waals surface area contributed by atoms with E-state index in [0.29, 0.717) is 20.8 Å². The minimum Gasteiger partial charge on any atom is -0.301 e. The van der Waals surface area contributed by atoms with Crippen molar-refractivity contribution in [1.29, 1.82) is 0 Å². The van der Waals surface area contributed by atoms with Crippen LogP contribution in [0.4, 0.5) is 18.9 Å². The molecule has 0 aromatic carbocycles. The Morgan fingerprint density at radius 2 is 2.10 bits per heavy atom. The van der Waals surface area contributed by atoms with E-state index < -0.39 is 16.9 Å². The molecule has 112 valence electrons. The number of nitro groups is 1. The van der Waals surface area contributed by atoms with Gasteiger partial charge in [0.25, 0.3) is 0 Å². The summed E-state index contributed by atoms with van der Waals surface area (Å²) in [6.07, 6.45) is -3.35.